The van der Waals surface area contributed by atoms with E-state index in [1.54, 1.807) is 35.4 Å². The van der Waals surface area contributed by atoms with Gasteiger partial charge in [0.2, 0.25) is 0 Å². The van der Waals surface area contributed by atoms with Crippen molar-refractivity contribution < 1.29 is 23.5 Å². The van der Waals surface area contributed by atoms with Gasteiger partial charge in [0.25, 0.3) is 5.91 Å². The second kappa shape index (κ2) is 21.0. The van der Waals surface area contributed by atoms with Gasteiger partial charge in [-0.05, 0) is 101 Å². The number of aromatic nitrogens is 4. The second-order valence-corrected chi connectivity index (χ2v) is 16.7. The fraction of sp³-hybridized carbons (Fsp3) is 0.479. The van der Waals surface area contributed by atoms with Crippen molar-refractivity contribution in [3.63, 3.8) is 0 Å². The van der Waals surface area contributed by atoms with Crippen molar-refractivity contribution in [1.29, 1.82) is 0 Å². The summed E-state index contributed by atoms with van der Waals surface area (Å²) in [7, 11) is 0. The van der Waals surface area contributed by atoms with Gasteiger partial charge in [0, 0.05) is 94.1 Å². The minimum absolute atomic E-state index is 0.000815. The molecule has 3 aromatic heterocycles. The molecule has 0 spiro atoms. The van der Waals surface area contributed by atoms with Crippen LogP contribution >= 0.6 is 0 Å². The molecule has 2 fully saturated rings. The number of nitrogens with one attached hydrogen (secondary N) is 3. The van der Waals surface area contributed by atoms with Gasteiger partial charge in [-0.3, -0.25) is 9.69 Å². The van der Waals surface area contributed by atoms with Crippen LogP contribution in [0.5, 0.6) is 0 Å². The van der Waals surface area contributed by atoms with E-state index in [1.165, 1.54) is 6.07 Å². The standard InChI is InChI=1S/C46H58FN9O4.C2H6/c1-7-40-37(42(52-35-16-20-59-21-17-35)38-27-51-56(8-2)43(38)53-40)26-49-41-15-13-34(25-48-41)44(57)50-24-31-12-14-39(47)36(23-31)33-11-9-10-32(22-33)29-54-18-19-55(30(3)28-54)45(58)60-46(4,5)6;1-2/h9-15,22-23,25,27,30,35H,7-8,16-21,24,26,28-29H2,1-6H3,(H,48,49)(H,50,57)(H,52,53);1-2H3. The highest BCUT2D eigenvalue weighted by molar-refractivity contribution is 5.94. The van der Waals surface area contributed by atoms with Crippen molar-refractivity contribution in [3.8, 4) is 11.1 Å². The van der Waals surface area contributed by atoms with E-state index in [1.807, 2.05) is 76.7 Å². The number of amides is 2. The quantitative estimate of drug-likeness (QED) is 0.105. The zero-order valence-electron chi connectivity index (χ0n) is 37.7. The van der Waals surface area contributed by atoms with Crippen LogP contribution in [0.25, 0.3) is 22.2 Å². The van der Waals surface area contributed by atoms with Crippen molar-refractivity contribution >= 4 is 34.5 Å². The Hall–Kier alpha value is -5.60. The first-order valence-corrected chi connectivity index (χ1v) is 22.2. The van der Waals surface area contributed by atoms with Crippen LogP contribution in [-0.4, -0.2) is 92.1 Å². The number of nitrogens with zero attached hydrogens (tertiary/aromatic N) is 6. The van der Waals surface area contributed by atoms with Crippen LogP contribution in [0.4, 0.5) is 20.7 Å². The lowest BCUT2D eigenvalue weighted by Crippen LogP contribution is -2.54. The Labute approximate surface area is 365 Å². The molecule has 7 rings (SSSR count). The molecule has 13 nitrogen and oxygen atoms in total. The van der Waals surface area contributed by atoms with Gasteiger partial charge < -0.3 is 30.3 Å². The summed E-state index contributed by atoms with van der Waals surface area (Å²) < 4.78 is 28.4. The molecule has 1 unspecified atom stereocenters. The summed E-state index contributed by atoms with van der Waals surface area (Å²) in [6, 6.07) is 16.7. The topological polar surface area (TPSA) is 139 Å². The van der Waals surface area contributed by atoms with E-state index in [-0.39, 0.29) is 30.4 Å². The SMILES string of the molecule is CC.CCc1nc2c(cnn2CC)c(NC2CCOCC2)c1CNc1ccc(C(=O)NCc2ccc(F)c(-c3cccc(CN4CCN(C(=O)OC(C)(C)C)C(C)C4)c3)c2)cn1. The van der Waals surface area contributed by atoms with E-state index in [2.05, 4.69) is 44.8 Å². The number of hydrogen-bond donors (Lipinski definition) is 3. The van der Waals surface area contributed by atoms with E-state index in [0.29, 0.717) is 55.7 Å². The maximum absolute atomic E-state index is 15.3. The molecule has 0 radical (unpaired) electrons. The molecule has 0 aliphatic carbocycles. The lowest BCUT2D eigenvalue weighted by Gasteiger charge is -2.40. The van der Waals surface area contributed by atoms with Crippen LogP contribution in [0.15, 0.2) is 67.0 Å². The van der Waals surface area contributed by atoms with Gasteiger partial charge in [0.1, 0.15) is 17.2 Å². The van der Waals surface area contributed by atoms with E-state index >= 15 is 4.39 Å². The van der Waals surface area contributed by atoms with Crippen LogP contribution in [0, 0.1) is 5.82 Å². The summed E-state index contributed by atoms with van der Waals surface area (Å²) >= 11 is 0. The number of ether oxygens (including phenoxy) is 2. The average molecular weight is 850 g/mol. The van der Waals surface area contributed by atoms with Crippen molar-refractivity contribution in [3.05, 3.63) is 101 Å². The summed E-state index contributed by atoms with van der Waals surface area (Å²) in [5.41, 5.74) is 6.92. The monoisotopic (exact) mass is 850 g/mol. The molecule has 5 aromatic rings. The molecule has 1 atom stereocenters. The second-order valence-electron chi connectivity index (χ2n) is 16.7. The van der Waals surface area contributed by atoms with Gasteiger partial charge in [-0.2, -0.15) is 5.10 Å². The van der Waals surface area contributed by atoms with Crippen LogP contribution in [0.1, 0.15) is 101 Å². The Balaban J connectivity index is 0.00000316. The third kappa shape index (κ3) is 11.4. The molecule has 14 heteroatoms. The number of carbonyl (C=O) groups excluding carboxylic acids is 2. The minimum atomic E-state index is -0.542. The number of piperazine rings is 1. The molecule has 5 heterocycles. The molecule has 2 aromatic carbocycles. The number of hydrogen-bond acceptors (Lipinski definition) is 10. The number of benzene rings is 2. The van der Waals surface area contributed by atoms with Gasteiger partial charge in [0.05, 0.1) is 22.8 Å². The Bertz CT molecular complexity index is 2290. The first-order valence-electron chi connectivity index (χ1n) is 22.2. The van der Waals surface area contributed by atoms with E-state index in [0.717, 1.165) is 83.7 Å². The predicted octanol–water partition coefficient (Wildman–Crippen LogP) is 8.82. The highest BCUT2D eigenvalue weighted by Crippen LogP contribution is 2.32. The lowest BCUT2D eigenvalue weighted by molar-refractivity contribution is 0.000548. The third-order valence-corrected chi connectivity index (χ3v) is 11.1. The first kappa shape index (κ1) is 45.9. The number of carbonyl (C=O) groups is 2. The third-order valence-electron chi connectivity index (χ3n) is 11.1. The molecule has 2 aliphatic rings. The number of fused-ring (bicyclic) bond motifs is 1. The van der Waals surface area contributed by atoms with E-state index < -0.39 is 5.60 Å². The predicted molar refractivity (Wildman–Crippen MR) is 244 cm³/mol. The highest BCUT2D eigenvalue weighted by atomic mass is 19.1. The molecule has 0 saturated carbocycles. The maximum atomic E-state index is 15.3. The first-order chi connectivity index (χ1) is 29.9. The average Bonchev–Trinajstić information content (AvgIpc) is 3.69. The highest BCUT2D eigenvalue weighted by Gasteiger charge is 2.31. The van der Waals surface area contributed by atoms with Crippen molar-refractivity contribution in [2.75, 3.05) is 43.5 Å². The zero-order valence-corrected chi connectivity index (χ0v) is 37.7. The Kier molecular flexibility index (Phi) is 15.5. The zero-order chi connectivity index (χ0) is 44.4. The number of halogens is 1. The molecule has 2 amide bonds. The molecule has 2 aliphatic heterocycles. The Morgan fingerprint density at radius 1 is 0.968 bits per heavy atom. The molecule has 3 N–H and O–H groups in total. The molecule has 62 heavy (non-hydrogen) atoms. The summed E-state index contributed by atoms with van der Waals surface area (Å²) in [5.74, 6) is 0.0260. The number of rotatable bonds is 13. The van der Waals surface area contributed by atoms with Crippen molar-refractivity contribution in [1.82, 2.24) is 34.9 Å². The molecular formula is C48H64FN9O4. The Morgan fingerprint density at radius 3 is 2.45 bits per heavy atom. The van der Waals surface area contributed by atoms with Crippen molar-refractivity contribution in [2.24, 2.45) is 0 Å². The molecule has 0 bridgehead atoms. The normalized spacial score (nSPS) is 16.1. The van der Waals surface area contributed by atoms with Crippen LogP contribution in [-0.2, 0) is 42.1 Å². The van der Waals surface area contributed by atoms with Gasteiger partial charge in [-0.15, -0.1) is 0 Å². The summed E-state index contributed by atoms with van der Waals surface area (Å²) in [4.78, 5) is 39.7. The van der Waals surface area contributed by atoms with E-state index in [4.69, 9.17) is 14.5 Å². The maximum Gasteiger partial charge on any atom is 0.410 e. The molecule has 2 saturated heterocycles. The fourth-order valence-electron chi connectivity index (χ4n) is 7.96. The molecular weight excluding hydrogens is 786 g/mol. The minimum Gasteiger partial charge on any atom is -0.444 e. The van der Waals surface area contributed by atoms with Crippen LogP contribution < -0.4 is 16.0 Å². The Morgan fingerprint density at radius 2 is 1.76 bits per heavy atom. The molecule has 332 valence electrons. The smallest absolute Gasteiger partial charge is 0.410 e. The van der Waals surface area contributed by atoms with Crippen LogP contribution in [0.2, 0.25) is 0 Å². The van der Waals surface area contributed by atoms with Gasteiger partial charge in [0.15, 0.2) is 5.65 Å². The van der Waals surface area contributed by atoms with Gasteiger partial charge in [-0.1, -0.05) is 45.0 Å². The van der Waals surface area contributed by atoms with Gasteiger partial charge >= 0.3 is 6.09 Å². The van der Waals surface area contributed by atoms with Gasteiger partial charge in [-0.25, -0.2) is 23.8 Å². The van der Waals surface area contributed by atoms with Crippen LogP contribution in [0.3, 0.4) is 0 Å². The fourth-order valence-corrected chi connectivity index (χ4v) is 7.96. The number of pyridine rings is 2. The number of anilines is 2. The van der Waals surface area contributed by atoms with E-state index in [9.17, 15) is 9.59 Å². The summed E-state index contributed by atoms with van der Waals surface area (Å²) in [6.45, 7) is 21.4. The largest absolute Gasteiger partial charge is 0.444 e. The lowest BCUT2D eigenvalue weighted by atomic mass is 10.00. The number of aryl methyl sites for hydroxylation is 2. The summed E-state index contributed by atoms with van der Waals surface area (Å²) in [6.07, 6.45) is 5.79. The van der Waals surface area contributed by atoms with Crippen molar-refractivity contribution in [2.45, 2.75) is 119 Å². The summed E-state index contributed by atoms with van der Waals surface area (Å²) in [5, 5.41) is 15.8.